The Kier molecular flexibility index (Phi) is 4.60. The highest BCUT2D eigenvalue weighted by molar-refractivity contribution is 5.89. The third-order valence-corrected chi connectivity index (χ3v) is 4.20. The number of carbonyl (C=O) groups excluding carboxylic acids is 1. The number of benzene rings is 1. The highest BCUT2D eigenvalue weighted by Crippen LogP contribution is 2.42. The van der Waals surface area contributed by atoms with E-state index < -0.39 is 4.92 Å². The summed E-state index contributed by atoms with van der Waals surface area (Å²) in [6.07, 6.45) is 3.76. The molecule has 1 heterocycles. The zero-order valence-corrected chi connectivity index (χ0v) is 14.1. The van der Waals surface area contributed by atoms with Crippen LogP contribution >= 0.6 is 0 Å². The van der Waals surface area contributed by atoms with E-state index in [0.29, 0.717) is 28.6 Å². The van der Waals surface area contributed by atoms with Gasteiger partial charge in [-0.05, 0) is 32.3 Å². The Morgan fingerprint density at radius 2 is 2.12 bits per heavy atom. The molecular weight excluding hydrogens is 322 g/mol. The van der Waals surface area contributed by atoms with Crippen LogP contribution in [0.3, 0.4) is 0 Å². The number of aromatic nitrogens is 2. The maximum atomic E-state index is 12.2. The van der Waals surface area contributed by atoms with Gasteiger partial charge in [-0.3, -0.25) is 10.1 Å². The van der Waals surface area contributed by atoms with Gasteiger partial charge in [0.1, 0.15) is 5.82 Å². The van der Waals surface area contributed by atoms with Crippen molar-refractivity contribution >= 4 is 17.4 Å². The third-order valence-electron chi connectivity index (χ3n) is 4.20. The minimum atomic E-state index is -0.426. The first-order valence-corrected chi connectivity index (χ1v) is 8.07. The van der Waals surface area contributed by atoms with Crippen LogP contribution in [0.25, 0.3) is 0 Å². The Hall–Kier alpha value is -3.03. The quantitative estimate of drug-likeness (QED) is 0.641. The predicted octanol–water partition coefficient (Wildman–Crippen LogP) is 3.20. The van der Waals surface area contributed by atoms with Crippen molar-refractivity contribution in [3.63, 3.8) is 0 Å². The van der Waals surface area contributed by atoms with Crippen molar-refractivity contribution in [1.82, 2.24) is 15.3 Å². The fourth-order valence-electron chi connectivity index (χ4n) is 2.65. The normalized spacial score (nSPS) is 13.4. The molecule has 2 N–H and O–H groups in total. The average Bonchev–Trinajstić information content (AvgIpc) is 3.40. The first kappa shape index (κ1) is 16.8. The summed E-state index contributed by atoms with van der Waals surface area (Å²) in [7, 11) is 0. The molecule has 0 spiro atoms. The number of rotatable bonds is 5. The molecule has 2 amide bonds. The Labute approximate surface area is 144 Å². The Bertz CT molecular complexity index is 833. The summed E-state index contributed by atoms with van der Waals surface area (Å²) < 4.78 is 0. The number of aryl methyl sites for hydroxylation is 1. The SMILES string of the molecule is Cc1ncc(NC(=O)NCc2cccc([N+](=O)[O-])c2C)c(C2CC2)n1. The Morgan fingerprint density at radius 3 is 2.80 bits per heavy atom. The highest BCUT2D eigenvalue weighted by atomic mass is 16.6. The van der Waals surface area contributed by atoms with E-state index in [1.807, 2.05) is 6.92 Å². The van der Waals surface area contributed by atoms with Crippen molar-refractivity contribution in [3.8, 4) is 0 Å². The molecule has 1 aliphatic carbocycles. The number of hydrogen-bond acceptors (Lipinski definition) is 5. The van der Waals surface area contributed by atoms with Gasteiger partial charge >= 0.3 is 6.03 Å². The minimum Gasteiger partial charge on any atom is -0.334 e. The molecule has 1 aromatic heterocycles. The van der Waals surface area contributed by atoms with Crippen LogP contribution in [0.2, 0.25) is 0 Å². The topological polar surface area (TPSA) is 110 Å². The van der Waals surface area contributed by atoms with Gasteiger partial charge in [0.25, 0.3) is 5.69 Å². The highest BCUT2D eigenvalue weighted by Gasteiger charge is 2.28. The second-order valence-corrected chi connectivity index (χ2v) is 6.12. The molecule has 8 nitrogen and oxygen atoms in total. The number of nitro groups is 1. The number of hydrogen-bond donors (Lipinski definition) is 2. The van der Waals surface area contributed by atoms with Gasteiger partial charge in [0.15, 0.2) is 0 Å². The van der Waals surface area contributed by atoms with Crippen LogP contribution in [0.1, 0.15) is 41.4 Å². The van der Waals surface area contributed by atoms with Crippen molar-refractivity contribution in [2.45, 2.75) is 39.2 Å². The number of nitrogens with zero attached hydrogens (tertiary/aromatic N) is 3. The summed E-state index contributed by atoms with van der Waals surface area (Å²) in [5, 5.41) is 16.5. The van der Waals surface area contributed by atoms with E-state index in [0.717, 1.165) is 18.5 Å². The monoisotopic (exact) mass is 341 g/mol. The minimum absolute atomic E-state index is 0.0441. The van der Waals surface area contributed by atoms with Crippen LogP contribution < -0.4 is 10.6 Å². The Balaban J connectivity index is 1.66. The fourth-order valence-corrected chi connectivity index (χ4v) is 2.65. The predicted molar refractivity (Wildman–Crippen MR) is 92.4 cm³/mol. The molecule has 1 fully saturated rings. The van der Waals surface area contributed by atoms with Crippen LogP contribution in [0.4, 0.5) is 16.2 Å². The molecule has 25 heavy (non-hydrogen) atoms. The molecule has 0 saturated heterocycles. The van der Waals surface area contributed by atoms with Gasteiger partial charge in [0, 0.05) is 24.1 Å². The van der Waals surface area contributed by atoms with Crippen molar-refractivity contribution < 1.29 is 9.72 Å². The van der Waals surface area contributed by atoms with Gasteiger partial charge in [0.05, 0.1) is 22.5 Å². The van der Waals surface area contributed by atoms with E-state index in [1.54, 1.807) is 25.3 Å². The first-order valence-electron chi connectivity index (χ1n) is 8.07. The van der Waals surface area contributed by atoms with Crippen LogP contribution in [0.5, 0.6) is 0 Å². The lowest BCUT2D eigenvalue weighted by molar-refractivity contribution is -0.385. The molecule has 2 aromatic rings. The first-order chi connectivity index (χ1) is 12.0. The van der Waals surface area contributed by atoms with Gasteiger partial charge in [-0.25, -0.2) is 14.8 Å². The van der Waals surface area contributed by atoms with E-state index in [1.165, 1.54) is 6.07 Å². The molecule has 0 aliphatic heterocycles. The number of nitro benzene ring substituents is 1. The average molecular weight is 341 g/mol. The van der Waals surface area contributed by atoms with Crippen LogP contribution in [-0.2, 0) is 6.54 Å². The zero-order chi connectivity index (χ0) is 18.0. The molecule has 0 radical (unpaired) electrons. The van der Waals surface area contributed by atoms with Crippen molar-refractivity contribution in [3.05, 3.63) is 57.2 Å². The second kappa shape index (κ2) is 6.84. The van der Waals surface area contributed by atoms with Gasteiger partial charge in [0.2, 0.25) is 0 Å². The van der Waals surface area contributed by atoms with Crippen LogP contribution in [-0.4, -0.2) is 20.9 Å². The number of urea groups is 1. The van der Waals surface area contributed by atoms with Crippen molar-refractivity contribution in [2.24, 2.45) is 0 Å². The largest absolute Gasteiger partial charge is 0.334 e. The van der Waals surface area contributed by atoms with Gasteiger partial charge in [-0.15, -0.1) is 0 Å². The maximum Gasteiger partial charge on any atom is 0.319 e. The molecule has 130 valence electrons. The van der Waals surface area contributed by atoms with E-state index in [9.17, 15) is 14.9 Å². The summed E-state index contributed by atoms with van der Waals surface area (Å²) in [4.78, 5) is 31.3. The summed E-state index contributed by atoms with van der Waals surface area (Å²) >= 11 is 0. The van der Waals surface area contributed by atoms with Gasteiger partial charge in [-0.1, -0.05) is 12.1 Å². The maximum absolute atomic E-state index is 12.2. The van der Waals surface area contributed by atoms with E-state index in [2.05, 4.69) is 20.6 Å². The zero-order valence-electron chi connectivity index (χ0n) is 14.1. The van der Waals surface area contributed by atoms with E-state index in [-0.39, 0.29) is 18.3 Å². The van der Waals surface area contributed by atoms with Crippen molar-refractivity contribution in [1.29, 1.82) is 0 Å². The van der Waals surface area contributed by atoms with Crippen LogP contribution in [0, 0.1) is 24.0 Å². The van der Waals surface area contributed by atoms with Crippen LogP contribution in [0.15, 0.2) is 24.4 Å². The molecule has 0 atom stereocenters. The molecule has 3 rings (SSSR count). The second-order valence-electron chi connectivity index (χ2n) is 6.12. The van der Waals surface area contributed by atoms with Gasteiger partial charge in [-0.2, -0.15) is 0 Å². The van der Waals surface area contributed by atoms with Crippen molar-refractivity contribution in [2.75, 3.05) is 5.32 Å². The molecule has 1 aliphatic rings. The number of carbonyl (C=O) groups is 1. The standard InChI is InChI=1S/C17H19N5O3/c1-10-13(4-3-5-15(10)22(24)25)8-19-17(23)21-14-9-18-11(2)20-16(14)12-6-7-12/h3-5,9,12H,6-8H2,1-2H3,(H2,19,21,23). The molecule has 0 bridgehead atoms. The molecule has 8 heteroatoms. The smallest absolute Gasteiger partial charge is 0.319 e. The molecule has 1 aromatic carbocycles. The molecule has 1 saturated carbocycles. The van der Waals surface area contributed by atoms with E-state index >= 15 is 0 Å². The molecular formula is C17H19N5O3. The lowest BCUT2D eigenvalue weighted by Gasteiger charge is -2.12. The lowest BCUT2D eigenvalue weighted by Crippen LogP contribution is -2.29. The summed E-state index contributed by atoms with van der Waals surface area (Å²) in [5.74, 6) is 1.07. The van der Waals surface area contributed by atoms with E-state index in [4.69, 9.17) is 0 Å². The number of amides is 2. The lowest BCUT2D eigenvalue weighted by atomic mass is 10.1. The summed E-state index contributed by atoms with van der Waals surface area (Å²) in [6.45, 7) is 3.69. The summed E-state index contributed by atoms with van der Waals surface area (Å²) in [6, 6.07) is 4.43. The fraction of sp³-hybridized carbons (Fsp3) is 0.353. The number of anilines is 1. The van der Waals surface area contributed by atoms with Gasteiger partial charge < -0.3 is 10.6 Å². The molecule has 0 unspecified atom stereocenters. The number of nitrogens with one attached hydrogen (secondary N) is 2. The summed E-state index contributed by atoms with van der Waals surface area (Å²) in [5.41, 5.74) is 2.77. The third kappa shape index (κ3) is 3.90. The Morgan fingerprint density at radius 1 is 1.36 bits per heavy atom.